The molecule has 1 heterocycles. The third kappa shape index (κ3) is 3.78. The van der Waals surface area contributed by atoms with Gasteiger partial charge in [-0.3, -0.25) is 0 Å². The summed E-state index contributed by atoms with van der Waals surface area (Å²) in [6.07, 6.45) is 4.87. The second kappa shape index (κ2) is 8.16. The first-order valence-electron chi connectivity index (χ1n) is 11.1. The summed E-state index contributed by atoms with van der Waals surface area (Å²) in [6, 6.07) is 11.0. The summed E-state index contributed by atoms with van der Waals surface area (Å²) >= 11 is 0. The van der Waals surface area contributed by atoms with Crippen LogP contribution in [0.15, 0.2) is 42.2 Å². The van der Waals surface area contributed by atoms with Crippen molar-refractivity contribution < 1.29 is 14.3 Å². The first kappa shape index (κ1) is 21.6. The van der Waals surface area contributed by atoms with E-state index in [0.717, 1.165) is 59.6 Å². The van der Waals surface area contributed by atoms with Crippen molar-refractivity contribution in [2.24, 2.45) is 0 Å². The van der Waals surface area contributed by atoms with Gasteiger partial charge in [0, 0.05) is 17.9 Å². The lowest BCUT2D eigenvalue weighted by molar-refractivity contribution is 0.0578. The molecule has 31 heavy (non-hydrogen) atoms. The number of aryl methyl sites for hydroxylation is 4. The molecule has 0 spiro atoms. The van der Waals surface area contributed by atoms with Crippen molar-refractivity contribution in [2.75, 3.05) is 20.7 Å². The van der Waals surface area contributed by atoms with Gasteiger partial charge in [-0.1, -0.05) is 29.8 Å². The highest BCUT2D eigenvalue weighted by Crippen LogP contribution is 2.48. The number of esters is 1. The largest absolute Gasteiger partial charge is 0.496 e. The molecule has 4 nitrogen and oxygen atoms in total. The van der Waals surface area contributed by atoms with Crippen molar-refractivity contribution in [3.63, 3.8) is 0 Å². The van der Waals surface area contributed by atoms with Crippen LogP contribution in [0.2, 0.25) is 0 Å². The Bertz CT molecular complexity index is 1030. The zero-order chi connectivity index (χ0) is 22.3. The van der Waals surface area contributed by atoms with Crippen molar-refractivity contribution in [1.29, 1.82) is 0 Å². The molecule has 1 aliphatic carbocycles. The molecular formula is C27H33NO3. The highest BCUT2D eigenvalue weighted by molar-refractivity contribution is 5.93. The van der Waals surface area contributed by atoms with E-state index in [1.165, 1.54) is 5.56 Å². The van der Waals surface area contributed by atoms with Gasteiger partial charge in [0.1, 0.15) is 11.5 Å². The maximum absolute atomic E-state index is 13.0. The predicted octanol–water partition coefficient (Wildman–Crippen LogP) is 5.41. The lowest BCUT2D eigenvalue weighted by Gasteiger charge is -2.41. The molecule has 4 heteroatoms. The number of nitrogens with zero attached hydrogens (tertiary/aromatic N) is 1. The van der Waals surface area contributed by atoms with Crippen molar-refractivity contribution in [1.82, 2.24) is 4.90 Å². The predicted molar refractivity (Wildman–Crippen MR) is 124 cm³/mol. The van der Waals surface area contributed by atoms with Gasteiger partial charge in [-0.25, -0.2) is 4.79 Å². The Morgan fingerprint density at radius 1 is 1.06 bits per heavy atom. The van der Waals surface area contributed by atoms with E-state index in [2.05, 4.69) is 50.1 Å². The molecule has 164 valence electrons. The van der Waals surface area contributed by atoms with Gasteiger partial charge < -0.3 is 14.4 Å². The Morgan fingerprint density at radius 2 is 1.77 bits per heavy atom. The summed E-state index contributed by atoms with van der Waals surface area (Å²) in [5.41, 5.74) is 6.36. The molecule has 1 aliphatic heterocycles. The Balaban J connectivity index is 1.61. The smallest absolute Gasteiger partial charge is 0.343 e. The zero-order valence-electron chi connectivity index (χ0n) is 19.5. The van der Waals surface area contributed by atoms with E-state index >= 15 is 0 Å². The Labute approximate surface area is 185 Å². The van der Waals surface area contributed by atoms with Crippen LogP contribution >= 0.6 is 0 Å². The van der Waals surface area contributed by atoms with Crippen molar-refractivity contribution in [3.05, 3.63) is 75.5 Å². The van der Waals surface area contributed by atoms with Crippen LogP contribution in [0.25, 0.3) is 0 Å². The number of methoxy groups -OCH3 is 1. The summed E-state index contributed by atoms with van der Waals surface area (Å²) in [5, 5.41) is 0. The maximum atomic E-state index is 13.0. The molecule has 2 aromatic rings. The van der Waals surface area contributed by atoms with E-state index in [1.54, 1.807) is 7.11 Å². The molecule has 0 saturated carbocycles. The molecule has 2 aliphatic rings. The van der Waals surface area contributed by atoms with Gasteiger partial charge in [0.15, 0.2) is 0 Å². The number of rotatable bonds is 4. The quantitative estimate of drug-likeness (QED) is 0.622. The van der Waals surface area contributed by atoms with Gasteiger partial charge in [-0.2, -0.15) is 0 Å². The molecule has 0 N–H and O–H groups in total. The minimum atomic E-state index is -0.241. The first-order chi connectivity index (χ1) is 14.7. The fraction of sp³-hybridized carbons (Fsp3) is 0.444. The molecule has 0 amide bonds. The lowest BCUT2D eigenvalue weighted by Crippen LogP contribution is -2.43. The number of carbonyl (C=O) groups excluding carboxylic acids is 1. The number of benzene rings is 2. The summed E-state index contributed by atoms with van der Waals surface area (Å²) in [4.78, 5) is 15.4. The number of carbonyl (C=O) groups is 1. The van der Waals surface area contributed by atoms with Crippen molar-refractivity contribution in [3.8, 4) is 5.75 Å². The molecule has 4 rings (SSSR count). The number of hydrogen-bond donors (Lipinski definition) is 0. The summed E-state index contributed by atoms with van der Waals surface area (Å²) in [6.45, 7) is 9.15. The summed E-state index contributed by atoms with van der Waals surface area (Å²) < 4.78 is 11.4. The molecule has 1 saturated heterocycles. The fourth-order valence-electron chi connectivity index (χ4n) is 5.68. The van der Waals surface area contributed by atoms with Crippen molar-refractivity contribution >= 4 is 5.97 Å². The van der Waals surface area contributed by atoms with Gasteiger partial charge in [-0.15, -0.1) is 0 Å². The van der Waals surface area contributed by atoms with Gasteiger partial charge in [0.05, 0.1) is 12.7 Å². The Kier molecular flexibility index (Phi) is 5.69. The minimum Gasteiger partial charge on any atom is -0.496 e. The SMILES string of the molecule is COc1ccc([C@@]23CC=C(OC(=O)c4c(C)cc(C)cc4C)C[C@@H]2N(C)CC3)cc1C. The van der Waals surface area contributed by atoms with Crippen LogP contribution in [0.3, 0.4) is 0 Å². The first-order valence-corrected chi connectivity index (χ1v) is 11.1. The van der Waals surface area contributed by atoms with E-state index in [9.17, 15) is 4.79 Å². The normalized spacial score (nSPS) is 23.3. The lowest BCUT2D eigenvalue weighted by atomic mass is 9.68. The minimum absolute atomic E-state index is 0.0530. The molecule has 0 aromatic heterocycles. The van der Waals surface area contributed by atoms with Gasteiger partial charge >= 0.3 is 5.97 Å². The third-order valence-electron chi connectivity index (χ3n) is 7.24. The Morgan fingerprint density at radius 3 is 2.42 bits per heavy atom. The Hall–Kier alpha value is -2.59. The number of likely N-dealkylation sites (tertiary alicyclic amines) is 1. The number of likely N-dealkylation sites (N-methyl/N-ethyl adjacent to an activating group) is 1. The number of ether oxygens (including phenoxy) is 2. The average molecular weight is 420 g/mol. The molecule has 0 bridgehead atoms. The molecule has 0 radical (unpaired) electrons. The van der Waals surface area contributed by atoms with E-state index in [1.807, 2.05) is 26.0 Å². The molecular weight excluding hydrogens is 386 g/mol. The highest BCUT2D eigenvalue weighted by atomic mass is 16.5. The number of hydrogen-bond acceptors (Lipinski definition) is 4. The monoisotopic (exact) mass is 419 g/mol. The average Bonchev–Trinajstić information content (AvgIpc) is 3.04. The van der Waals surface area contributed by atoms with Gasteiger partial charge in [0.2, 0.25) is 0 Å². The molecule has 1 fully saturated rings. The molecule has 2 aromatic carbocycles. The number of allylic oxidation sites excluding steroid dienone is 1. The van der Waals surface area contributed by atoms with Gasteiger partial charge in [-0.05, 0) is 88.5 Å². The van der Waals surface area contributed by atoms with Gasteiger partial charge in [0.25, 0.3) is 0 Å². The standard InChI is InChI=1S/C27H33NO3/c1-17-13-19(3)25(20(4)14-17)26(29)31-22-9-10-27(11-12-28(5)24(27)16-22)21-7-8-23(30-6)18(2)15-21/h7-9,13-15,24H,10-12,16H2,1-6H3/t24-,27-/m0/s1. The topological polar surface area (TPSA) is 38.8 Å². The molecule has 2 atom stereocenters. The second-order valence-corrected chi connectivity index (χ2v) is 9.33. The number of fused-ring (bicyclic) bond motifs is 1. The highest BCUT2D eigenvalue weighted by Gasteiger charge is 2.49. The van der Waals surface area contributed by atoms with Crippen LogP contribution in [0.4, 0.5) is 0 Å². The van der Waals surface area contributed by atoms with Crippen LogP contribution in [0.1, 0.15) is 57.4 Å². The van der Waals surface area contributed by atoms with Crippen LogP contribution in [0.5, 0.6) is 5.75 Å². The van der Waals surface area contributed by atoms with Crippen LogP contribution in [-0.2, 0) is 10.2 Å². The van der Waals surface area contributed by atoms with E-state index in [0.29, 0.717) is 11.6 Å². The van der Waals surface area contributed by atoms with E-state index in [4.69, 9.17) is 9.47 Å². The third-order valence-corrected chi connectivity index (χ3v) is 7.24. The summed E-state index contributed by atoms with van der Waals surface area (Å²) in [7, 11) is 3.90. The fourth-order valence-corrected chi connectivity index (χ4v) is 5.68. The van der Waals surface area contributed by atoms with E-state index in [-0.39, 0.29) is 11.4 Å². The van der Waals surface area contributed by atoms with Crippen LogP contribution < -0.4 is 4.74 Å². The molecule has 0 unspecified atom stereocenters. The van der Waals surface area contributed by atoms with E-state index < -0.39 is 0 Å². The second-order valence-electron chi connectivity index (χ2n) is 9.33. The van der Waals surface area contributed by atoms with Crippen LogP contribution in [-0.4, -0.2) is 37.6 Å². The summed E-state index contributed by atoms with van der Waals surface area (Å²) in [5.74, 6) is 1.48. The van der Waals surface area contributed by atoms with Crippen molar-refractivity contribution in [2.45, 2.75) is 58.4 Å². The zero-order valence-corrected chi connectivity index (χ0v) is 19.5. The van der Waals surface area contributed by atoms with Crippen LogP contribution in [0, 0.1) is 27.7 Å². The maximum Gasteiger partial charge on any atom is 0.343 e.